The van der Waals surface area contributed by atoms with Gasteiger partial charge in [-0.2, -0.15) is 0 Å². The zero-order chi connectivity index (χ0) is 17.7. The van der Waals surface area contributed by atoms with Crippen LogP contribution in [0.25, 0.3) is 0 Å². The maximum Gasteiger partial charge on any atom is 0.224 e. The van der Waals surface area contributed by atoms with Crippen molar-refractivity contribution < 1.29 is 14.3 Å². The average molecular weight is 328 g/mol. The van der Waals surface area contributed by atoms with Gasteiger partial charge in [-0.05, 0) is 52.0 Å². The summed E-state index contributed by atoms with van der Waals surface area (Å²) in [5.41, 5.74) is 2.36. The topological polar surface area (TPSA) is 43.4 Å². The van der Waals surface area contributed by atoms with Crippen LogP contribution in [0.3, 0.4) is 0 Å². The normalized spacial score (nSPS) is 21.5. The van der Waals surface area contributed by atoms with Crippen molar-refractivity contribution >= 4 is 11.6 Å². The molecule has 0 aromatic rings. The summed E-state index contributed by atoms with van der Waals surface area (Å²) < 4.78 is 5.66. The SMILES string of the molecule is C=C(C)OC1=C([C@@H]2C=C(C)CCC2)C(=O)C=C(CCCCC)C1=O. The molecule has 0 radical (unpaired) electrons. The smallest absolute Gasteiger partial charge is 0.224 e. The van der Waals surface area contributed by atoms with Crippen LogP contribution in [-0.2, 0) is 14.3 Å². The van der Waals surface area contributed by atoms with Crippen LogP contribution in [0.1, 0.15) is 65.7 Å². The zero-order valence-electron chi connectivity index (χ0n) is 15.1. The number of rotatable bonds is 7. The number of unbranched alkanes of at least 4 members (excludes halogenated alkanes) is 2. The van der Waals surface area contributed by atoms with Gasteiger partial charge in [0.25, 0.3) is 0 Å². The Bertz CT molecular complexity index is 631. The number of hydrogen-bond donors (Lipinski definition) is 0. The molecule has 3 heteroatoms. The van der Waals surface area contributed by atoms with Gasteiger partial charge >= 0.3 is 0 Å². The van der Waals surface area contributed by atoms with Crippen LogP contribution < -0.4 is 0 Å². The summed E-state index contributed by atoms with van der Waals surface area (Å²) in [6.45, 7) is 9.65. The minimum absolute atomic E-state index is 0.0296. The highest BCUT2D eigenvalue weighted by atomic mass is 16.5. The molecule has 0 aromatic carbocycles. The first kappa shape index (κ1) is 18.4. The first-order valence-electron chi connectivity index (χ1n) is 8.98. The predicted molar refractivity (Wildman–Crippen MR) is 96.3 cm³/mol. The van der Waals surface area contributed by atoms with Gasteiger partial charge in [-0.1, -0.05) is 38.0 Å². The number of carbonyl (C=O) groups is 2. The quantitative estimate of drug-likeness (QED) is 0.279. The molecule has 24 heavy (non-hydrogen) atoms. The highest BCUT2D eigenvalue weighted by Gasteiger charge is 2.34. The van der Waals surface area contributed by atoms with Crippen molar-refractivity contribution in [1.29, 1.82) is 0 Å². The van der Waals surface area contributed by atoms with Crippen LogP contribution in [0.5, 0.6) is 0 Å². The largest absolute Gasteiger partial charge is 0.458 e. The molecule has 2 rings (SSSR count). The lowest BCUT2D eigenvalue weighted by Gasteiger charge is -2.26. The summed E-state index contributed by atoms with van der Waals surface area (Å²) in [5, 5.41) is 0. The molecule has 1 atom stereocenters. The van der Waals surface area contributed by atoms with Crippen molar-refractivity contribution in [2.75, 3.05) is 0 Å². The molecule has 0 heterocycles. The molecule has 0 aromatic heterocycles. The fourth-order valence-electron chi connectivity index (χ4n) is 3.40. The predicted octanol–water partition coefficient (Wildman–Crippen LogP) is 5.20. The third kappa shape index (κ3) is 4.34. The fraction of sp³-hybridized carbons (Fsp3) is 0.524. The van der Waals surface area contributed by atoms with Gasteiger partial charge in [0, 0.05) is 11.5 Å². The van der Waals surface area contributed by atoms with E-state index in [9.17, 15) is 9.59 Å². The second-order valence-corrected chi connectivity index (χ2v) is 6.88. The third-order valence-electron chi connectivity index (χ3n) is 4.58. The Morgan fingerprint density at radius 2 is 2.08 bits per heavy atom. The third-order valence-corrected chi connectivity index (χ3v) is 4.58. The van der Waals surface area contributed by atoms with Crippen molar-refractivity contribution in [2.24, 2.45) is 5.92 Å². The van der Waals surface area contributed by atoms with Gasteiger partial charge in [0.05, 0.1) is 11.3 Å². The second kappa shape index (κ2) is 8.27. The summed E-state index contributed by atoms with van der Waals surface area (Å²) in [6, 6.07) is 0. The van der Waals surface area contributed by atoms with E-state index in [-0.39, 0.29) is 23.2 Å². The molecule has 0 unspecified atom stereocenters. The van der Waals surface area contributed by atoms with Gasteiger partial charge < -0.3 is 4.74 Å². The van der Waals surface area contributed by atoms with Gasteiger partial charge in [-0.15, -0.1) is 0 Å². The number of carbonyl (C=O) groups excluding carboxylic acids is 2. The molecule has 0 amide bonds. The number of ether oxygens (including phenoxy) is 1. The first-order valence-corrected chi connectivity index (χ1v) is 8.98. The molecule has 0 saturated carbocycles. The zero-order valence-corrected chi connectivity index (χ0v) is 15.1. The summed E-state index contributed by atoms with van der Waals surface area (Å²) >= 11 is 0. The van der Waals surface area contributed by atoms with E-state index in [4.69, 9.17) is 4.74 Å². The number of Topliss-reactive ketones (excluding diaryl/α,β-unsaturated/α-hetero) is 1. The van der Waals surface area contributed by atoms with Gasteiger partial charge in [-0.3, -0.25) is 9.59 Å². The van der Waals surface area contributed by atoms with Gasteiger partial charge in [0.1, 0.15) is 0 Å². The highest BCUT2D eigenvalue weighted by Crippen LogP contribution is 2.35. The Labute approximate surface area is 145 Å². The van der Waals surface area contributed by atoms with E-state index in [2.05, 4.69) is 26.5 Å². The molecular formula is C21H28O3. The standard InChI is InChI=1S/C21H28O3/c1-5-6-7-10-17-13-18(22)19(16-11-8-9-15(4)12-16)21(20(17)23)24-14(2)3/h12-13,16H,2,5-11H2,1,3-4H3/t16-/m0/s1. The van der Waals surface area contributed by atoms with E-state index in [0.717, 1.165) is 38.5 Å². The van der Waals surface area contributed by atoms with Crippen LogP contribution in [0, 0.1) is 5.92 Å². The monoisotopic (exact) mass is 328 g/mol. The average Bonchev–Trinajstić information content (AvgIpc) is 2.51. The fourth-order valence-corrected chi connectivity index (χ4v) is 3.40. The maximum atomic E-state index is 12.9. The molecule has 3 nitrogen and oxygen atoms in total. The molecule has 2 aliphatic rings. The van der Waals surface area contributed by atoms with Crippen molar-refractivity contribution in [3.8, 4) is 0 Å². The van der Waals surface area contributed by atoms with Gasteiger partial charge in [0.2, 0.25) is 5.78 Å². The van der Waals surface area contributed by atoms with E-state index in [1.165, 1.54) is 11.6 Å². The Morgan fingerprint density at radius 3 is 2.71 bits per heavy atom. The lowest BCUT2D eigenvalue weighted by atomic mass is 9.79. The van der Waals surface area contributed by atoms with E-state index in [0.29, 0.717) is 23.3 Å². The Morgan fingerprint density at radius 1 is 1.33 bits per heavy atom. The van der Waals surface area contributed by atoms with E-state index in [1.807, 2.05) is 0 Å². The Kier molecular flexibility index (Phi) is 6.36. The lowest BCUT2D eigenvalue weighted by Crippen LogP contribution is -2.25. The van der Waals surface area contributed by atoms with Crippen LogP contribution in [0.15, 0.2) is 47.0 Å². The van der Waals surface area contributed by atoms with Crippen molar-refractivity contribution in [2.45, 2.75) is 65.7 Å². The molecule has 0 fully saturated rings. The molecule has 0 spiro atoms. The number of ketones is 2. The number of hydrogen-bond acceptors (Lipinski definition) is 3. The van der Waals surface area contributed by atoms with Crippen LogP contribution in [0.4, 0.5) is 0 Å². The van der Waals surface area contributed by atoms with Crippen LogP contribution in [-0.4, -0.2) is 11.6 Å². The maximum absolute atomic E-state index is 12.9. The lowest BCUT2D eigenvalue weighted by molar-refractivity contribution is -0.118. The molecule has 2 aliphatic carbocycles. The summed E-state index contributed by atoms with van der Waals surface area (Å²) in [7, 11) is 0. The Hall–Kier alpha value is -1.90. The Balaban J connectivity index is 2.35. The molecule has 0 saturated heterocycles. The summed E-state index contributed by atoms with van der Waals surface area (Å²) in [6.07, 6.45) is 10.3. The second-order valence-electron chi connectivity index (χ2n) is 6.88. The van der Waals surface area contributed by atoms with Crippen LogP contribution in [0.2, 0.25) is 0 Å². The van der Waals surface area contributed by atoms with Gasteiger partial charge in [0.15, 0.2) is 11.5 Å². The molecule has 0 bridgehead atoms. The highest BCUT2D eigenvalue weighted by molar-refractivity contribution is 6.22. The van der Waals surface area contributed by atoms with Crippen molar-refractivity contribution in [1.82, 2.24) is 0 Å². The van der Waals surface area contributed by atoms with Crippen molar-refractivity contribution in [3.63, 3.8) is 0 Å². The van der Waals surface area contributed by atoms with Crippen LogP contribution >= 0.6 is 0 Å². The number of allylic oxidation sites excluding steroid dienone is 6. The molecular weight excluding hydrogens is 300 g/mol. The van der Waals surface area contributed by atoms with E-state index >= 15 is 0 Å². The molecule has 0 N–H and O–H groups in total. The minimum atomic E-state index is -0.139. The van der Waals surface area contributed by atoms with E-state index in [1.54, 1.807) is 6.92 Å². The minimum Gasteiger partial charge on any atom is -0.458 e. The molecule has 130 valence electrons. The van der Waals surface area contributed by atoms with Gasteiger partial charge in [-0.25, -0.2) is 0 Å². The first-order chi connectivity index (χ1) is 11.4. The summed E-state index contributed by atoms with van der Waals surface area (Å²) in [5.74, 6) is 0.402. The van der Waals surface area contributed by atoms with Crippen molar-refractivity contribution in [3.05, 3.63) is 47.0 Å². The summed E-state index contributed by atoms with van der Waals surface area (Å²) in [4.78, 5) is 25.6. The molecule has 0 aliphatic heterocycles. The van der Waals surface area contributed by atoms with E-state index < -0.39 is 0 Å².